The first-order chi connectivity index (χ1) is 12.5. The molecule has 1 atom stereocenters. The first-order valence-electron chi connectivity index (χ1n) is 8.04. The van der Waals surface area contributed by atoms with E-state index in [1.807, 2.05) is 31.3 Å². The molecule has 0 spiro atoms. The number of aryl methyl sites for hydroxylation is 1. The smallest absolute Gasteiger partial charge is 0.286 e. The number of nitrogens with one attached hydrogen (secondary N) is 1. The second-order valence-electron chi connectivity index (χ2n) is 6.00. The minimum absolute atomic E-state index is 0.201. The Labute approximate surface area is 167 Å². The highest BCUT2D eigenvalue weighted by Gasteiger charge is 2.33. The van der Waals surface area contributed by atoms with E-state index < -0.39 is 0 Å². The lowest BCUT2D eigenvalue weighted by molar-refractivity contribution is -0.118. The Hall–Kier alpha value is -1.70. The van der Waals surface area contributed by atoms with Gasteiger partial charge in [0, 0.05) is 27.3 Å². The van der Waals surface area contributed by atoms with Gasteiger partial charge < -0.3 is 4.57 Å². The number of carbonyl (C=O) groups excluding carboxylic acids is 2. The van der Waals surface area contributed by atoms with Gasteiger partial charge in [0.05, 0.1) is 10.3 Å². The van der Waals surface area contributed by atoms with Gasteiger partial charge in [-0.3, -0.25) is 14.9 Å². The molecule has 1 aliphatic heterocycles. The number of imide groups is 1. The van der Waals surface area contributed by atoms with Crippen LogP contribution in [-0.4, -0.2) is 21.0 Å². The topological polar surface area (TPSA) is 51.1 Å². The molecule has 1 saturated heterocycles. The average molecular weight is 447 g/mol. The zero-order valence-electron chi connectivity index (χ0n) is 13.9. The third-order valence-corrected chi connectivity index (χ3v) is 7.07. The van der Waals surface area contributed by atoms with Crippen molar-refractivity contribution in [2.75, 3.05) is 0 Å². The van der Waals surface area contributed by atoms with Crippen LogP contribution in [0.4, 0.5) is 4.79 Å². The average Bonchev–Trinajstić information content (AvgIpc) is 3.08. The zero-order chi connectivity index (χ0) is 18.3. The largest absolute Gasteiger partial charge is 0.338 e. The third-order valence-electron chi connectivity index (χ3n) is 4.34. The molecular formula is C19H15BrN2O2S2. The summed E-state index contributed by atoms with van der Waals surface area (Å²) >= 11 is 6.22. The van der Waals surface area contributed by atoms with E-state index in [9.17, 15) is 9.59 Å². The summed E-state index contributed by atoms with van der Waals surface area (Å²) in [6, 6.07) is 16.3. The molecule has 0 radical (unpaired) electrons. The summed E-state index contributed by atoms with van der Waals surface area (Å²) in [6.07, 6.45) is 0.530. The Morgan fingerprint density at radius 1 is 1.15 bits per heavy atom. The summed E-state index contributed by atoms with van der Waals surface area (Å²) in [5, 5.41) is 3.97. The first kappa shape index (κ1) is 17.7. The van der Waals surface area contributed by atoms with Crippen LogP contribution in [-0.2, 0) is 18.3 Å². The summed E-state index contributed by atoms with van der Waals surface area (Å²) < 4.78 is 3.20. The second-order valence-corrected chi connectivity index (χ2v) is 9.16. The monoisotopic (exact) mass is 446 g/mol. The summed E-state index contributed by atoms with van der Waals surface area (Å²) in [5.41, 5.74) is 2.23. The SMILES string of the molecule is Cn1c(Sc2ccc(Br)cc2)c(CC2SC(=O)NC2=O)c2ccccc21. The molecule has 26 heavy (non-hydrogen) atoms. The molecule has 1 aliphatic rings. The first-order valence-corrected chi connectivity index (χ1v) is 10.5. The molecule has 1 fully saturated rings. The molecule has 2 heterocycles. The number of rotatable bonds is 4. The normalized spacial score (nSPS) is 17.1. The van der Waals surface area contributed by atoms with Crippen molar-refractivity contribution < 1.29 is 9.59 Å². The van der Waals surface area contributed by atoms with Gasteiger partial charge in [-0.2, -0.15) is 0 Å². The summed E-state index contributed by atoms with van der Waals surface area (Å²) in [7, 11) is 2.04. The third kappa shape index (κ3) is 3.31. The van der Waals surface area contributed by atoms with Crippen molar-refractivity contribution in [3.8, 4) is 0 Å². The Bertz CT molecular complexity index is 1010. The standard InChI is InChI=1S/C19H15BrN2O2S2/c1-22-15-5-3-2-4-13(15)14(10-16-17(23)21-19(24)26-16)18(22)25-12-8-6-11(20)7-9-12/h2-9,16H,10H2,1H3,(H,21,23,24). The summed E-state index contributed by atoms with van der Waals surface area (Å²) in [5.74, 6) is -0.201. The quantitative estimate of drug-likeness (QED) is 0.613. The van der Waals surface area contributed by atoms with Crippen molar-refractivity contribution >= 4 is 61.5 Å². The lowest BCUT2D eigenvalue weighted by atomic mass is 10.1. The number of thioether (sulfide) groups is 1. The molecule has 0 aliphatic carbocycles. The number of hydrogen-bond donors (Lipinski definition) is 1. The molecule has 0 saturated carbocycles. The minimum Gasteiger partial charge on any atom is -0.338 e. The number of hydrogen-bond acceptors (Lipinski definition) is 4. The van der Waals surface area contributed by atoms with Crippen LogP contribution in [0.25, 0.3) is 10.9 Å². The van der Waals surface area contributed by atoms with Gasteiger partial charge in [0.15, 0.2) is 0 Å². The summed E-state index contributed by atoms with van der Waals surface area (Å²) in [4.78, 5) is 24.7. The molecule has 1 unspecified atom stereocenters. The Kier molecular flexibility index (Phi) is 4.86. The molecule has 0 bridgehead atoms. The maximum absolute atomic E-state index is 12.1. The fourth-order valence-electron chi connectivity index (χ4n) is 3.10. The van der Waals surface area contributed by atoms with E-state index in [0.29, 0.717) is 6.42 Å². The van der Waals surface area contributed by atoms with Crippen LogP contribution in [0, 0.1) is 0 Å². The van der Waals surface area contributed by atoms with Crippen LogP contribution < -0.4 is 5.32 Å². The predicted molar refractivity (Wildman–Crippen MR) is 110 cm³/mol. The van der Waals surface area contributed by atoms with Crippen molar-refractivity contribution in [2.45, 2.75) is 21.6 Å². The van der Waals surface area contributed by atoms with Gasteiger partial charge in [-0.05, 0) is 42.3 Å². The second kappa shape index (κ2) is 7.13. The molecule has 1 N–H and O–H groups in total. The van der Waals surface area contributed by atoms with Gasteiger partial charge in [-0.25, -0.2) is 0 Å². The van der Waals surface area contributed by atoms with E-state index in [4.69, 9.17) is 0 Å². The molecule has 7 heteroatoms. The van der Waals surface area contributed by atoms with Crippen molar-refractivity contribution in [1.29, 1.82) is 0 Å². The van der Waals surface area contributed by atoms with E-state index in [0.717, 1.165) is 42.6 Å². The van der Waals surface area contributed by atoms with Crippen molar-refractivity contribution in [1.82, 2.24) is 9.88 Å². The molecule has 4 nitrogen and oxygen atoms in total. The lowest BCUT2D eigenvalue weighted by Gasteiger charge is -2.10. The van der Waals surface area contributed by atoms with E-state index in [1.54, 1.807) is 11.8 Å². The maximum Gasteiger partial charge on any atom is 0.286 e. The Balaban J connectivity index is 1.77. The molecule has 3 aromatic rings. The van der Waals surface area contributed by atoms with E-state index >= 15 is 0 Å². The van der Waals surface area contributed by atoms with Gasteiger partial charge in [-0.1, -0.05) is 57.7 Å². The van der Waals surface area contributed by atoms with Gasteiger partial charge >= 0.3 is 0 Å². The van der Waals surface area contributed by atoms with Gasteiger partial charge in [0.25, 0.3) is 5.24 Å². The van der Waals surface area contributed by atoms with Gasteiger partial charge in [-0.15, -0.1) is 0 Å². The fourth-order valence-corrected chi connectivity index (χ4v) is 5.25. The van der Waals surface area contributed by atoms with E-state index in [-0.39, 0.29) is 16.4 Å². The number of benzene rings is 2. The maximum atomic E-state index is 12.1. The molecule has 2 aromatic carbocycles. The van der Waals surface area contributed by atoms with Crippen LogP contribution in [0.15, 0.2) is 62.9 Å². The summed E-state index contributed by atoms with van der Waals surface area (Å²) in [6.45, 7) is 0. The van der Waals surface area contributed by atoms with Crippen LogP contribution in [0.5, 0.6) is 0 Å². The fraction of sp³-hybridized carbons (Fsp3) is 0.158. The minimum atomic E-state index is -0.377. The van der Waals surface area contributed by atoms with Gasteiger partial charge in [0.1, 0.15) is 0 Å². The van der Waals surface area contributed by atoms with Crippen molar-refractivity contribution in [2.24, 2.45) is 7.05 Å². The number of fused-ring (bicyclic) bond motifs is 1. The molecule has 4 rings (SSSR count). The number of aromatic nitrogens is 1. The highest BCUT2D eigenvalue weighted by atomic mass is 79.9. The molecule has 132 valence electrons. The van der Waals surface area contributed by atoms with Crippen LogP contribution in [0.1, 0.15) is 5.56 Å². The van der Waals surface area contributed by atoms with Crippen LogP contribution in [0.2, 0.25) is 0 Å². The Morgan fingerprint density at radius 2 is 1.88 bits per heavy atom. The van der Waals surface area contributed by atoms with E-state index in [1.165, 1.54) is 0 Å². The molecular weight excluding hydrogens is 432 g/mol. The predicted octanol–water partition coefficient (Wildman–Crippen LogP) is 4.99. The zero-order valence-corrected chi connectivity index (χ0v) is 17.1. The number of nitrogens with zero attached hydrogens (tertiary/aromatic N) is 1. The Morgan fingerprint density at radius 3 is 2.58 bits per heavy atom. The van der Waals surface area contributed by atoms with Crippen molar-refractivity contribution in [3.63, 3.8) is 0 Å². The molecule has 2 amide bonds. The highest BCUT2D eigenvalue weighted by Crippen LogP contribution is 2.39. The lowest BCUT2D eigenvalue weighted by Crippen LogP contribution is -2.25. The number of carbonyl (C=O) groups is 2. The van der Waals surface area contributed by atoms with Crippen LogP contribution >= 0.6 is 39.5 Å². The number of halogens is 1. The number of para-hydroxylation sites is 1. The number of amides is 2. The molecule has 1 aromatic heterocycles. The van der Waals surface area contributed by atoms with Crippen molar-refractivity contribution in [3.05, 3.63) is 58.6 Å². The highest BCUT2D eigenvalue weighted by molar-refractivity contribution is 9.10. The van der Waals surface area contributed by atoms with Gasteiger partial charge in [0.2, 0.25) is 5.91 Å². The van der Waals surface area contributed by atoms with E-state index in [2.05, 4.69) is 50.1 Å². The van der Waals surface area contributed by atoms with Crippen LogP contribution in [0.3, 0.4) is 0 Å².